The molecule has 0 aliphatic carbocycles. The average molecular weight is 259 g/mol. The maximum atomic E-state index is 13.0. The van der Waals surface area contributed by atoms with E-state index in [0.717, 1.165) is 25.1 Å². The summed E-state index contributed by atoms with van der Waals surface area (Å²) in [5.74, 6) is 0.234. The minimum atomic E-state index is -0.268. The molecule has 0 amide bonds. The topological polar surface area (TPSA) is 47.0 Å². The third kappa shape index (κ3) is 2.71. The van der Waals surface area contributed by atoms with E-state index in [-0.39, 0.29) is 11.9 Å². The van der Waals surface area contributed by atoms with Crippen LogP contribution in [0.25, 0.3) is 11.3 Å². The third-order valence-electron chi connectivity index (χ3n) is 3.08. The van der Waals surface area contributed by atoms with E-state index in [4.69, 9.17) is 4.74 Å². The monoisotopic (exact) mass is 259 g/mol. The fourth-order valence-electron chi connectivity index (χ4n) is 2.10. The van der Waals surface area contributed by atoms with E-state index >= 15 is 0 Å². The van der Waals surface area contributed by atoms with E-state index in [1.165, 1.54) is 12.1 Å². The Bertz CT molecular complexity index is 553. The van der Waals surface area contributed by atoms with Gasteiger partial charge < -0.3 is 10.1 Å². The van der Waals surface area contributed by atoms with Crippen LogP contribution in [-0.2, 0) is 0 Å². The highest BCUT2D eigenvalue weighted by Gasteiger charge is 2.19. The maximum absolute atomic E-state index is 13.0. The normalized spacial score (nSPS) is 18.5. The zero-order valence-electron chi connectivity index (χ0n) is 10.3. The average Bonchev–Trinajstić information content (AvgIpc) is 2.93. The molecule has 5 heteroatoms. The Balaban J connectivity index is 1.90. The predicted molar refractivity (Wildman–Crippen MR) is 69.3 cm³/mol. The van der Waals surface area contributed by atoms with Gasteiger partial charge >= 0.3 is 0 Å². The van der Waals surface area contributed by atoms with Crippen molar-refractivity contribution in [2.45, 2.75) is 12.5 Å². The van der Waals surface area contributed by atoms with Crippen molar-refractivity contribution in [1.29, 1.82) is 0 Å². The Labute approximate surface area is 110 Å². The molecule has 0 saturated carbocycles. The molecule has 0 spiro atoms. The molecule has 2 aromatic rings. The van der Waals surface area contributed by atoms with Gasteiger partial charge in [-0.1, -0.05) is 0 Å². The van der Waals surface area contributed by atoms with Crippen molar-refractivity contribution in [3.63, 3.8) is 0 Å². The fraction of sp³-hybridized carbons (Fsp3) is 0.286. The van der Waals surface area contributed by atoms with Crippen molar-refractivity contribution in [3.05, 3.63) is 42.5 Å². The lowest BCUT2D eigenvalue weighted by Crippen LogP contribution is -2.20. The van der Waals surface area contributed by atoms with Gasteiger partial charge in [0.25, 0.3) is 0 Å². The van der Waals surface area contributed by atoms with E-state index in [9.17, 15) is 4.39 Å². The van der Waals surface area contributed by atoms with E-state index in [1.54, 1.807) is 24.5 Å². The minimum Gasteiger partial charge on any atom is -0.471 e. The van der Waals surface area contributed by atoms with Crippen LogP contribution in [-0.4, -0.2) is 29.2 Å². The highest BCUT2D eigenvalue weighted by Crippen LogP contribution is 2.26. The second-order valence-electron chi connectivity index (χ2n) is 4.45. The summed E-state index contributed by atoms with van der Waals surface area (Å²) in [4.78, 5) is 8.53. The summed E-state index contributed by atoms with van der Waals surface area (Å²) >= 11 is 0. The number of benzene rings is 1. The standard InChI is InChI=1S/C14H14FN3O/c15-11-3-1-10(2-4-11)13-14(18-8-7-17-13)19-12-5-6-16-9-12/h1-4,7-8,12,16H,5-6,9H2. The molecule has 3 rings (SSSR count). The van der Waals surface area contributed by atoms with Gasteiger partial charge in [0.15, 0.2) is 0 Å². The quantitative estimate of drug-likeness (QED) is 0.916. The van der Waals surface area contributed by atoms with Gasteiger partial charge in [-0.15, -0.1) is 0 Å². The van der Waals surface area contributed by atoms with E-state index < -0.39 is 0 Å². The van der Waals surface area contributed by atoms with Gasteiger partial charge in [0.05, 0.1) is 0 Å². The second-order valence-corrected chi connectivity index (χ2v) is 4.45. The summed E-state index contributed by atoms with van der Waals surface area (Å²) < 4.78 is 18.8. The largest absolute Gasteiger partial charge is 0.471 e. The summed E-state index contributed by atoms with van der Waals surface area (Å²) in [5.41, 5.74) is 1.45. The van der Waals surface area contributed by atoms with Crippen molar-refractivity contribution in [2.75, 3.05) is 13.1 Å². The molecular weight excluding hydrogens is 245 g/mol. The molecule has 4 nitrogen and oxygen atoms in total. The van der Waals surface area contributed by atoms with Crippen LogP contribution in [0.15, 0.2) is 36.7 Å². The molecule has 2 heterocycles. The number of rotatable bonds is 3. The van der Waals surface area contributed by atoms with Crippen LogP contribution in [0.3, 0.4) is 0 Å². The molecule has 1 aliphatic heterocycles. The van der Waals surface area contributed by atoms with Gasteiger partial charge in [0, 0.05) is 24.5 Å². The van der Waals surface area contributed by atoms with Crippen molar-refractivity contribution in [1.82, 2.24) is 15.3 Å². The molecule has 1 atom stereocenters. The number of ether oxygens (including phenoxy) is 1. The molecule has 1 N–H and O–H groups in total. The first kappa shape index (κ1) is 12.0. The van der Waals surface area contributed by atoms with Gasteiger partial charge in [-0.2, -0.15) is 0 Å². The van der Waals surface area contributed by atoms with Crippen LogP contribution < -0.4 is 10.1 Å². The Morgan fingerprint density at radius 1 is 1.16 bits per heavy atom. The molecule has 98 valence electrons. The van der Waals surface area contributed by atoms with E-state index in [0.29, 0.717) is 11.6 Å². The van der Waals surface area contributed by atoms with Gasteiger partial charge in [-0.25, -0.2) is 14.4 Å². The molecular formula is C14H14FN3O. The van der Waals surface area contributed by atoms with Crippen LogP contribution in [0.2, 0.25) is 0 Å². The number of aromatic nitrogens is 2. The molecule has 1 aromatic heterocycles. The lowest BCUT2D eigenvalue weighted by molar-refractivity contribution is 0.214. The minimum absolute atomic E-state index is 0.121. The Morgan fingerprint density at radius 3 is 2.68 bits per heavy atom. The Hall–Kier alpha value is -2.01. The first-order valence-corrected chi connectivity index (χ1v) is 6.27. The number of hydrogen-bond acceptors (Lipinski definition) is 4. The number of nitrogens with zero attached hydrogens (tertiary/aromatic N) is 2. The van der Waals surface area contributed by atoms with E-state index in [2.05, 4.69) is 15.3 Å². The summed E-state index contributed by atoms with van der Waals surface area (Å²) in [5, 5.41) is 3.24. The van der Waals surface area contributed by atoms with Crippen LogP contribution in [0, 0.1) is 5.82 Å². The SMILES string of the molecule is Fc1ccc(-c2nccnc2OC2CCNC2)cc1. The molecule has 1 aromatic carbocycles. The Morgan fingerprint density at radius 2 is 1.95 bits per heavy atom. The van der Waals surface area contributed by atoms with Crippen molar-refractivity contribution < 1.29 is 9.13 Å². The summed E-state index contributed by atoms with van der Waals surface area (Å²) in [7, 11) is 0. The first-order chi connectivity index (χ1) is 9.33. The molecule has 1 fully saturated rings. The van der Waals surface area contributed by atoms with Crippen LogP contribution in [0.5, 0.6) is 5.88 Å². The molecule has 1 aliphatic rings. The molecule has 1 saturated heterocycles. The van der Waals surface area contributed by atoms with Gasteiger partial charge in [-0.3, -0.25) is 0 Å². The van der Waals surface area contributed by atoms with Crippen molar-refractivity contribution in [2.24, 2.45) is 0 Å². The number of halogens is 1. The lowest BCUT2D eigenvalue weighted by atomic mass is 10.1. The molecule has 19 heavy (non-hydrogen) atoms. The zero-order chi connectivity index (χ0) is 13.1. The highest BCUT2D eigenvalue weighted by atomic mass is 19.1. The lowest BCUT2D eigenvalue weighted by Gasteiger charge is -2.13. The van der Waals surface area contributed by atoms with Gasteiger partial charge in [0.2, 0.25) is 5.88 Å². The molecule has 0 radical (unpaired) electrons. The van der Waals surface area contributed by atoms with Gasteiger partial charge in [0.1, 0.15) is 17.6 Å². The van der Waals surface area contributed by atoms with E-state index in [1.807, 2.05) is 0 Å². The first-order valence-electron chi connectivity index (χ1n) is 6.27. The van der Waals surface area contributed by atoms with Crippen LogP contribution >= 0.6 is 0 Å². The summed E-state index contributed by atoms with van der Waals surface area (Å²) in [6, 6.07) is 6.17. The second kappa shape index (κ2) is 5.32. The molecule has 1 unspecified atom stereocenters. The van der Waals surface area contributed by atoms with Crippen molar-refractivity contribution >= 4 is 0 Å². The highest BCUT2D eigenvalue weighted by molar-refractivity contribution is 5.63. The number of nitrogens with one attached hydrogen (secondary N) is 1. The third-order valence-corrected chi connectivity index (χ3v) is 3.08. The predicted octanol–water partition coefficient (Wildman–Crippen LogP) is 2.02. The Kier molecular flexibility index (Phi) is 3.37. The summed E-state index contributed by atoms with van der Waals surface area (Å²) in [6.45, 7) is 1.77. The zero-order valence-corrected chi connectivity index (χ0v) is 10.3. The maximum Gasteiger partial charge on any atom is 0.240 e. The summed E-state index contributed by atoms with van der Waals surface area (Å²) in [6.07, 6.45) is 4.29. The fourth-order valence-corrected chi connectivity index (χ4v) is 2.10. The smallest absolute Gasteiger partial charge is 0.240 e. The van der Waals surface area contributed by atoms with Crippen LogP contribution in [0.1, 0.15) is 6.42 Å². The van der Waals surface area contributed by atoms with Crippen molar-refractivity contribution in [3.8, 4) is 17.1 Å². The number of hydrogen-bond donors (Lipinski definition) is 1. The van der Waals surface area contributed by atoms with Gasteiger partial charge in [-0.05, 0) is 37.2 Å². The molecule has 0 bridgehead atoms. The van der Waals surface area contributed by atoms with Crippen LogP contribution in [0.4, 0.5) is 4.39 Å².